The molecule has 15 heteroatoms. The van der Waals surface area contributed by atoms with E-state index < -0.39 is 41.4 Å². The van der Waals surface area contributed by atoms with Gasteiger partial charge in [-0.3, -0.25) is 9.59 Å². The maximum atomic E-state index is 14.1. The number of carbonyl (C=O) groups is 1. The summed E-state index contributed by atoms with van der Waals surface area (Å²) in [5, 5.41) is 3.26. The van der Waals surface area contributed by atoms with E-state index in [9.17, 15) is 35.5 Å². The molecule has 1 aliphatic carbocycles. The molecule has 0 atom stereocenters. The number of hydrogen-bond acceptors (Lipinski definition) is 10. The van der Waals surface area contributed by atoms with Gasteiger partial charge in [0.25, 0.3) is 5.56 Å². The molecule has 1 aromatic heterocycles. The van der Waals surface area contributed by atoms with Crippen molar-refractivity contribution in [1.29, 1.82) is 0 Å². The molecule has 1 N–H and O–H groups in total. The second kappa shape index (κ2) is 13.6. The second-order valence-corrected chi connectivity index (χ2v) is 13.3. The molecule has 4 aromatic carbocycles. The van der Waals surface area contributed by atoms with Crippen molar-refractivity contribution in [2.45, 2.75) is 30.1 Å². The molecule has 0 fully saturated rings. The van der Waals surface area contributed by atoms with Crippen LogP contribution in [0.25, 0.3) is 22.0 Å². The first-order valence-corrected chi connectivity index (χ1v) is 16.5. The Morgan fingerprint density at radius 3 is 2.06 bits per heavy atom. The predicted molar refractivity (Wildman–Crippen MR) is 164 cm³/mol. The summed E-state index contributed by atoms with van der Waals surface area (Å²) in [6.07, 6.45) is 0.109. The number of rotatable bonds is 7. The SMILES string of the molecule is CCc1c(Oc2cc(Nc3ccc(C)cc3S(=O)(=O)[O-])c3c4c(cc(=O)n(C)c24)-c2ccccc2C3=O)cccc1S(=O)(=O)[O-].[Na+].[Na+]. The van der Waals surface area contributed by atoms with E-state index >= 15 is 0 Å². The third-order valence-electron chi connectivity index (χ3n) is 7.77. The number of carbonyl (C=O) groups excluding carboxylic acids is 1. The van der Waals surface area contributed by atoms with E-state index in [1.165, 1.54) is 54.1 Å². The largest absolute Gasteiger partial charge is 1.00 e. The van der Waals surface area contributed by atoms with E-state index in [0.717, 1.165) is 0 Å². The predicted octanol–water partition coefficient (Wildman–Crippen LogP) is -1.03. The minimum absolute atomic E-state index is 0. The van der Waals surface area contributed by atoms with Crippen LogP contribution in [-0.4, -0.2) is 36.3 Å². The number of aromatic nitrogens is 1. The van der Waals surface area contributed by atoms with Gasteiger partial charge in [0, 0.05) is 35.7 Å². The Morgan fingerprint density at radius 2 is 1.43 bits per heavy atom. The molecule has 6 rings (SSSR count). The van der Waals surface area contributed by atoms with E-state index in [-0.39, 0.29) is 105 Å². The van der Waals surface area contributed by atoms with Gasteiger partial charge in [-0.25, -0.2) is 16.8 Å². The Hall–Kier alpha value is -2.82. The van der Waals surface area contributed by atoms with Crippen molar-refractivity contribution in [2.24, 2.45) is 7.05 Å². The molecule has 0 radical (unpaired) electrons. The fraction of sp³-hybridized carbons (Fsp3) is 0.125. The average molecular weight is 691 g/mol. The van der Waals surface area contributed by atoms with Gasteiger partial charge in [0.2, 0.25) is 0 Å². The van der Waals surface area contributed by atoms with Crippen molar-refractivity contribution in [3.8, 4) is 22.6 Å². The molecule has 0 bridgehead atoms. The molecule has 1 aliphatic rings. The molecule has 0 unspecified atom stereocenters. The molecule has 5 aromatic rings. The number of fused-ring (bicyclic) bond motifs is 2. The van der Waals surface area contributed by atoms with E-state index in [1.807, 2.05) is 0 Å². The summed E-state index contributed by atoms with van der Waals surface area (Å²) in [5.41, 5.74) is 1.67. The Morgan fingerprint density at radius 1 is 0.766 bits per heavy atom. The average Bonchev–Trinajstić information content (AvgIpc) is 2.98. The molecule has 230 valence electrons. The molecule has 0 aliphatic heterocycles. The third kappa shape index (κ3) is 6.62. The fourth-order valence-corrected chi connectivity index (χ4v) is 7.26. The summed E-state index contributed by atoms with van der Waals surface area (Å²) < 4.78 is 80.4. The summed E-state index contributed by atoms with van der Waals surface area (Å²) >= 11 is 0. The summed E-state index contributed by atoms with van der Waals surface area (Å²) in [7, 11) is -8.34. The van der Waals surface area contributed by atoms with Gasteiger partial charge in [0.05, 0.1) is 32.2 Å². The second-order valence-electron chi connectivity index (χ2n) is 10.6. The summed E-state index contributed by atoms with van der Waals surface area (Å²) in [6, 6.07) is 17.7. The monoisotopic (exact) mass is 690 g/mol. The minimum atomic E-state index is -4.95. The van der Waals surface area contributed by atoms with Gasteiger partial charge in [0.15, 0.2) is 11.5 Å². The van der Waals surface area contributed by atoms with Crippen LogP contribution in [-0.2, 0) is 33.7 Å². The number of nitrogens with one attached hydrogen (secondary N) is 1. The van der Waals surface area contributed by atoms with Crippen LogP contribution in [0.1, 0.15) is 34.0 Å². The van der Waals surface area contributed by atoms with Gasteiger partial charge < -0.3 is 23.7 Å². The number of hydrogen-bond donors (Lipinski definition) is 1. The third-order valence-corrected chi connectivity index (χ3v) is 9.56. The van der Waals surface area contributed by atoms with Crippen molar-refractivity contribution in [1.82, 2.24) is 4.57 Å². The van der Waals surface area contributed by atoms with Crippen LogP contribution in [0, 0.1) is 6.92 Å². The molecule has 47 heavy (non-hydrogen) atoms. The first-order chi connectivity index (χ1) is 21.2. The van der Waals surface area contributed by atoms with Crippen LogP contribution in [0.3, 0.4) is 0 Å². The normalized spacial score (nSPS) is 12.1. The van der Waals surface area contributed by atoms with Gasteiger partial charge in [-0.15, -0.1) is 0 Å². The Bertz CT molecular complexity index is 2390. The van der Waals surface area contributed by atoms with Gasteiger partial charge in [-0.05, 0) is 54.3 Å². The van der Waals surface area contributed by atoms with Gasteiger partial charge in [-0.2, -0.15) is 0 Å². The number of aryl methyl sites for hydroxylation is 2. The molecule has 0 amide bonds. The van der Waals surface area contributed by atoms with Crippen molar-refractivity contribution >= 4 is 48.3 Å². The van der Waals surface area contributed by atoms with Crippen LogP contribution >= 0.6 is 0 Å². The van der Waals surface area contributed by atoms with Crippen LogP contribution in [0.5, 0.6) is 11.5 Å². The fourth-order valence-electron chi connectivity index (χ4n) is 5.75. The molecular weight excluding hydrogens is 666 g/mol. The molecule has 0 spiro atoms. The first-order valence-electron chi connectivity index (χ1n) is 13.6. The van der Waals surface area contributed by atoms with Crippen molar-refractivity contribution in [3.05, 3.63) is 105 Å². The van der Waals surface area contributed by atoms with Crippen molar-refractivity contribution in [2.75, 3.05) is 5.32 Å². The van der Waals surface area contributed by atoms with Crippen LogP contribution < -0.4 is 74.7 Å². The van der Waals surface area contributed by atoms with Gasteiger partial charge >= 0.3 is 59.1 Å². The van der Waals surface area contributed by atoms with Crippen LogP contribution in [0.4, 0.5) is 11.4 Å². The molecule has 0 saturated carbocycles. The maximum absolute atomic E-state index is 14.1. The van der Waals surface area contributed by atoms with E-state index in [4.69, 9.17) is 4.74 Å². The van der Waals surface area contributed by atoms with Crippen molar-refractivity contribution < 1.29 is 94.6 Å². The molecule has 1 heterocycles. The Labute approximate surface area is 315 Å². The topological polar surface area (TPSA) is 175 Å². The standard InChI is InChI=1S/C32H26N2O9S2.2Na/c1-4-18-24(10-7-11-26(18)44(37,38)39)43-25-16-23(33-22-13-12-17(2)14-27(22)45(40,41)42)30-29-21(15-28(35)34(3)31(25)29)19-8-5-6-9-20(19)32(30)36;;/h5-16,33H,4H2,1-3H3,(H,37,38,39)(H,40,41,42);;/q;2*+1/p-2. The first kappa shape index (κ1) is 37.0. The van der Waals surface area contributed by atoms with E-state index in [2.05, 4.69) is 5.32 Å². The van der Waals surface area contributed by atoms with Crippen LogP contribution in [0.2, 0.25) is 0 Å². The Balaban J connectivity index is 0.00000250. The Kier molecular flexibility index (Phi) is 10.7. The number of nitrogens with zero attached hydrogens (tertiary/aromatic N) is 1. The molecule has 0 saturated heterocycles. The minimum Gasteiger partial charge on any atom is -0.744 e. The van der Waals surface area contributed by atoms with Crippen molar-refractivity contribution in [3.63, 3.8) is 0 Å². The van der Waals surface area contributed by atoms with E-state index in [0.29, 0.717) is 27.6 Å². The summed E-state index contributed by atoms with van der Waals surface area (Å²) in [5.74, 6) is -0.406. The van der Waals surface area contributed by atoms with E-state index in [1.54, 1.807) is 44.2 Å². The number of benzene rings is 4. The number of anilines is 2. The number of ether oxygens (including phenoxy) is 1. The molecule has 11 nitrogen and oxygen atoms in total. The zero-order valence-corrected chi connectivity index (χ0v) is 31.7. The van der Waals surface area contributed by atoms with Gasteiger partial charge in [-0.1, -0.05) is 43.3 Å². The zero-order chi connectivity index (χ0) is 32.4. The maximum Gasteiger partial charge on any atom is 1.00 e. The number of pyridine rings is 1. The molecular formula is C32H24N2Na2O9S2. The zero-order valence-electron chi connectivity index (χ0n) is 26.1. The van der Waals surface area contributed by atoms with Gasteiger partial charge in [0.1, 0.15) is 26.0 Å². The summed E-state index contributed by atoms with van der Waals surface area (Å²) in [4.78, 5) is 26.4. The van der Waals surface area contributed by atoms with Crippen LogP contribution in [0.15, 0.2) is 87.4 Å². The summed E-state index contributed by atoms with van der Waals surface area (Å²) in [6.45, 7) is 3.27. The number of ketones is 1. The quantitative estimate of drug-likeness (QED) is 0.161. The smallest absolute Gasteiger partial charge is 0.744 e.